The number of aliphatic hydroxyl groups is 1. The van der Waals surface area contributed by atoms with E-state index in [0.717, 1.165) is 11.0 Å². The summed E-state index contributed by atoms with van der Waals surface area (Å²) in [4.78, 5) is 44.6. The molecule has 2 fully saturated rings. The van der Waals surface area contributed by atoms with E-state index in [2.05, 4.69) is 10.3 Å². The van der Waals surface area contributed by atoms with Crippen molar-refractivity contribution in [2.45, 2.75) is 50.1 Å². The first-order valence-corrected chi connectivity index (χ1v) is 13.2. The van der Waals surface area contributed by atoms with Gasteiger partial charge in [-0.3, -0.25) is 14.4 Å². The lowest BCUT2D eigenvalue weighted by Crippen LogP contribution is -2.55. The van der Waals surface area contributed by atoms with E-state index >= 15 is 0 Å². The van der Waals surface area contributed by atoms with Crippen molar-refractivity contribution >= 4 is 28.8 Å². The van der Waals surface area contributed by atoms with Crippen molar-refractivity contribution in [1.82, 2.24) is 24.8 Å². The van der Waals surface area contributed by atoms with Gasteiger partial charge in [0.1, 0.15) is 29.7 Å². The number of rotatable bonds is 7. The van der Waals surface area contributed by atoms with Gasteiger partial charge in [-0.15, -0.1) is 5.10 Å². The van der Waals surface area contributed by atoms with Gasteiger partial charge in [-0.25, -0.2) is 4.68 Å². The maximum absolute atomic E-state index is 14.3. The third kappa shape index (κ3) is 3.92. The van der Waals surface area contributed by atoms with E-state index in [1.165, 1.54) is 0 Å². The number of esters is 1. The quantitative estimate of drug-likeness (QED) is 0.325. The Balaban J connectivity index is 1.37. The van der Waals surface area contributed by atoms with Crippen molar-refractivity contribution in [3.05, 3.63) is 48.6 Å². The Hall–Kier alpha value is -3.57. The van der Waals surface area contributed by atoms with Gasteiger partial charge in [0, 0.05) is 19.7 Å². The van der Waals surface area contributed by atoms with E-state index in [1.54, 1.807) is 14.5 Å². The van der Waals surface area contributed by atoms with Crippen LogP contribution in [-0.2, 0) is 30.5 Å². The second kappa shape index (κ2) is 9.95. The Morgan fingerprint density at radius 2 is 1.95 bits per heavy atom. The van der Waals surface area contributed by atoms with Crippen molar-refractivity contribution in [2.75, 3.05) is 26.3 Å². The van der Waals surface area contributed by atoms with Gasteiger partial charge >= 0.3 is 5.97 Å². The molecule has 4 aliphatic rings. The zero-order valence-electron chi connectivity index (χ0n) is 21.0. The van der Waals surface area contributed by atoms with E-state index in [9.17, 15) is 19.5 Å². The summed E-state index contributed by atoms with van der Waals surface area (Å²) >= 11 is 0. The van der Waals surface area contributed by atoms with Crippen LogP contribution in [0.4, 0.5) is 0 Å². The molecule has 4 aliphatic heterocycles. The molecule has 5 heterocycles. The number of unbranched alkanes of at least 4 members (excludes halogenated alkanes) is 2. The van der Waals surface area contributed by atoms with Gasteiger partial charge in [0.25, 0.3) is 5.91 Å². The Bertz CT molecular complexity index is 1310. The van der Waals surface area contributed by atoms with Crippen LogP contribution in [0, 0.1) is 11.8 Å². The zero-order valence-corrected chi connectivity index (χ0v) is 21.0. The lowest BCUT2D eigenvalue weighted by molar-refractivity contribution is -0.155. The molecule has 1 spiro atoms. The van der Waals surface area contributed by atoms with Crippen molar-refractivity contribution < 1.29 is 29.0 Å². The Morgan fingerprint density at radius 1 is 1.08 bits per heavy atom. The minimum absolute atomic E-state index is 0.0658. The van der Waals surface area contributed by atoms with E-state index < -0.39 is 35.6 Å². The molecule has 11 heteroatoms. The monoisotopic (exact) mass is 521 g/mol. The maximum atomic E-state index is 14.3. The summed E-state index contributed by atoms with van der Waals surface area (Å²) in [5.41, 5.74) is 0.241. The van der Waals surface area contributed by atoms with Crippen LogP contribution in [-0.4, -0.2) is 91.7 Å². The van der Waals surface area contributed by atoms with Crippen LogP contribution in [0.1, 0.15) is 25.7 Å². The average molecular weight is 522 g/mol. The van der Waals surface area contributed by atoms with E-state index in [4.69, 9.17) is 9.47 Å². The van der Waals surface area contributed by atoms with Crippen LogP contribution in [0.2, 0.25) is 0 Å². The normalized spacial score (nSPS) is 30.6. The highest BCUT2D eigenvalue weighted by atomic mass is 16.6. The first-order chi connectivity index (χ1) is 18.5. The largest absolute Gasteiger partial charge is 0.465 e. The highest BCUT2D eigenvalue weighted by molar-refractivity contribution is 5.99. The molecule has 1 aromatic heterocycles. The minimum atomic E-state index is -1.28. The topological polar surface area (TPSA) is 127 Å². The summed E-state index contributed by atoms with van der Waals surface area (Å²) < 4.78 is 13.7. The fourth-order valence-electron chi connectivity index (χ4n) is 6.27. The third-order valence-electron chi connectivity index (χ3n) is 7.99. The summed E-state index contributed by atoms with van der Waals surface area (Å²) in [5, 5.41) is 17.6. The van der Waals surface area contributed by atoms with Gasteiger partial charge in [-0.05, 0) is 37.8 Å². The number of cyclic esters (lactones) is 1. The molecule has 200 valence electrons. The fourth-order valence-corrected chi connectivity index (χ4v) is 6.27. The molecule has 5 atom stereocenters. The molecule has 1 aromatic carbocycles. The number of hydrogen-bond acceptors (Lipinski definition) is 8. The summed E-state index contributed by atoms with van der Waals surface area (Å²) in [7, 11) is 0. The second-order valence-electron chi connectivity index (χ2n) is 10.2. The van der Waals surface area contributed by atoms with Crippen LogP contribution in [0.25, 0.3) is 11.0 Å². The number of aliphatic hydroxyl groups excluding tert-OH is 1. The standard InChI is InChI=1S/C27H31N5O6/c33-15-6-1-5-14-31-23-25(35)30(17-32-19-10-3-2-9-18(19)28-29-32)13-8-12-27(23)22(24(31)34)21-20(38-27)11-4-7-16-37-26(21)36/h2-4,8-12,20-23,33H,1,5-7,13-17H2/t20-,21+,22-,23?,27-/m0/s1. The van der Waals surface area contributed by atoms with E-state index in [0.29, 0.717) is 38.8 Å². The van der Waals surface area contributed by atoms with Crippen LogP contribution in [0.3, 0.4) is 0 Å². The lowest BCUT2D eigenvalue weighted by atomic mass is 9.78. The second-order valence-corrected chi connectivity index (χ2v) is 10.2. The van der Waals surface area contributed by atoms with Crippen molar-refractivity contribution in [3.8, 4) is 0 Å². The highest BCUT2D eigenvalue weighted by Gasteiger charge is 2.71. The molecular formula is C27H31N5O6. The molecule has 2 aromatic rings. The number of likely N-dealkylation sites (tertiary alicyclic amines) is 1. The first-order valence-electron chi connectivity index (χ1n) is 13.2. The molecule has 1 unspecified atom stereocenters. The Kier molecular flexibility index (Phi) is 6.48. The highest BCUT2D eigenvalue weighted by Crippen LogP contribution is 2.53. The summed E-state index contributed by atoms with van der Waals surface area (Å²) in [6, 6.07) is 6.59. The van der Waals surface area contributed by atoms with Gasteiger partial charge in [0.2, 0.25) is 5.91 Å². The average Bonchev–Trinajstić information content (AvgIpc) is 3.50. The first kappa shape index (κ1) is 24.7. The number of carbonyl (C=O) groups excluding carboxylic acids is 3. The van der Waals surface area contributed by atoms with Crippen molar-refractivity contribution in [3.63, 3.8) is 0 Å². The predicted octanol–water partition coefficient (Wildman–Crippen LogP) is 1.03. The number of amides is 2. The van der Waals surface area contributed by atoms with E-state index in [1.807, 2.05) is 48.6 Å². The molecule has 0 aliphatic carbocycles. The van der Waals surface area contributed by atoms with Gasteiger partial charge in [-0.2, -0.15) is 0 Å². The predicted molar refractivity (Wildman–Crippen MR) is 134 cm³/mol. The maximum Gasteiger partial charge on any atom is 0.312 e. The lowest BCUT2D eigenvalue weighted by Gasteiger charge is -2.35. The SMILES string of the molecule is O=C1OCCC=C[C@@H]2O[C@]34C=CCN(Cn5nnc6ccccc65)C(=O)C3N(CCCCCO)C(=O)[C@@H]4[C@H]12. The molecule has 1 N–H and O–H groups in total. The number of aromatic nitrogens is 3. The van der Waals surface area contributed by atoms with Gasteiger partial charge in [0.05, 0.1) is 24.1 Å². The minimum Gasteiger partial charge on any atom is -0.465 e. The van der Waals surface area contributed by atoms with Crippen LogP contribution >= 0.6 is 0 Å². The molecule has 11 nitrogen and oxygen atoms in total. The summed E-state index contributed by atoms with van der Waals surface area (Å²) in [6.07, 6.45) is 9.25. The van der Waals surface area contributed by atoms with Crippen molar-refractivity contribution in [2.24, 2.45) is 11.8 Å². The smallest absolute Gasteiger partial charge is 0.312 e. The molecule has 38 heavy (non-hydrogen) atoms. The van der Waals surface area contributed by atoms with Gasteiger partial charge < -0.3 is 24.4 Å². The van der Waals surface area contributed by atoms with Crippen LogP contribution in [0.15, 0.2) is 48.6 Å². The number of nitrogens with zero attached hydrogens (tertiary/aromatic N) is 5. The summed E-state index contributed by atoms with van der Waals surface area (Å²) in [5.74, 6) is -2.70. The number of carbonyl (C=O) groups is 3. The van der Waals surface area contributed by atoms with Gasteiger partial charge in [-0.1, -0.05) is 41.7 Å². The molecule has 2 amide bonds. The fraction of sp³-hybridized carbons (Fsp3) is 0.519. The van der Waals surface area contributed by atoms with Gasteiger partial charge in [0.15, 0.2) is 0 Å². The number of fused-ring (bicyclic) bond motifs is 3. The zero-order chi connectivity index (χ0) is 26.3. The van der Waals surface area contributed by atoms with Crippen LogP contribution < -0.4 is 0 Å². The van der Waals surface area contributed by atoms with Crippen molar-refractivity contribution in [1.29, 1.82) is 0 Å². The number of para-hydroxylation sites is 1. The van der Waals surface area contributed by atoms with Crippen LogP contribution in [0.5, 0.6) is 0 Å². The molecule has 0 radical (unpaired) electrons. The molecule has 0 saturated carbocycles. The number of benzene rings is 1. The van der Waals surface area contributed by atoms with E-state index in [-0.39, 0.29) is 31.7 Å². The number of hydrogen-bond donors (Lipinski definition) is 1. The molecule has 2 saturated heterocycles. The molecular weight excluding hydrogens is 490 g/mol. The third-order valence-corrected chi connectivity index (χ3v) is 7.99. The Labute approximate surface area is 219 Å². The molecule has 6 rings (SSSR count). The number of ether oxygens (including phenoxy) is 2. The molecule has 0 bridgehead atoms. The Morgan fingerprint density at radius 3 is 2.82 bits per heavy atom. The summed E-state index contributed by atoms with van der Waals surface area (Å²) in [6.45, 7) is 1.09.